The van der Waals surface area contributed by atoms with Crippen molar-refractivity contribution in [1.82, 2.24) is 0 Å². The molecule has 0 aromatic carbocycles. The first-order valence-corrected chi connectivity index (χ1v) is 9.76. The van der Waals surface area contributed by atoms with Crippen molar-refractivity contribution in [3.8, 4) is 0 Å². The maximum absolute atomic E-state index is 8.07. The predicted molar refractivity (Wildman–Crippen MR) is 96.0 cm³/mol. The third-order valence-corrected chi connectivity index (χ3v) is 3.74. The van der Waals surface area contributed by atoms with Crippen molar-refractivity contribution in [1.29, 1.82) is 0 Å². The standard InChI is InChI=1S/3C5H10O.C4H10O/c3*1-2-4-6-5-3-1;1-2-3-4-5/h3*1-5H2;5H,2-4H2,1H3. The Bertz CT molecular complexity index is 123. The Morgan fingerprint density at radius 2 is 0.870 bits per heavy atom. The van der Waals surface area contributed by atoms with E-state index in [1.807, 2.05) is 0 Å². The van der Waals surface area contributed by atoms with Crippen LogP contribution in [0.3, 0.4) is 0 Å². The minimum absolute atomic E-state index is 0.344. The van der Waals surface area contributed by atoms with Crippen LogP contribution < -0.4 is 0 Å². The smallest absolute Gasteiger partial charge is 0.0466 e. The zero-order valence-electron chi connectivity index (χ0n) is 15.4. The van der Waals surface area contributed by atoms with Gasteiger partial charge in [0.05, 0.1) is 0 Å². The second-order valence-electron chi connectivity index (χ2n) is 6.10. The molecule has 0 saturated carbocycles. The second-order valence-corrected chi connectivity index (χ2v) is 6.10. The van der Waals surface area contributed by atoms with Gasteiger partial charge >= 0.3 is 0 Å². The van der Waals surface area contributed by atoms with Crippen molar-refractivity contribution in [2.24, 2.45) is 0 Å². The van der Waals surface area contributed by atoms with Crippen molar-refractivity contribution in [3.05, 3.63) is 0 Å². The van der Waals surface area contributed by atoms with E-state index in [-0.39, 0.29) is 0 Å². The van der Waals surface area contributed by atoms with Crippen LogP contribution in [0.25, 0.3) is 0 Å². The van der Waals surface area contributed by atoms with Crippen molar-refractivity contribution in [2.75, 3.05) is 46.2 Å². The molecule has 0 aliphatic carbocycles. The van der Waals surface area contributed by atoms with E-state index in [1.165, 1.54) is 57.8 Å². The summed E-state index contributed by atoms with van der Waals surface area (Å²) in [6.07, 6.45) is 13.8. The summed E-state index contributed by atoms with van der Waals surface area (Å²) in [5.74, 6) is 0. The van der Waals surface area contributed by atoms with E-state index in [9.17, 15) is 0 Å². The molecule has 0 bridgehead atoms. The van der Waals surface area contributed by atoms with Crippen LogP contribution in [0.2, 0.25) is 0 Å². The Kier molecular flexibility index (Phi) is 21.7. The molecular weight excluding hydrogens is 292 g/mol. The topological polar surface area (TPSA) is 47.9 Å². The van der Waals surface area contributed by atoms with Gasteiger partial charge < -0.3 is 19.3 Å². The van der Waals surface area contributed by atoms with E-state index >= 15 is 0 Å². The summed E-state index contributed by atoms with van der Waals surface area (Å²) < 4.78 is 15.2. The summed E-state index contributed by atoms with van der Waals surface area (Å²) in [4.78, 5) is 0. The van der Waals surface area contributed by atoms with Crippen molar-refractivity contribution < 1.29 is 19.3 Å². The van der Waals surface area contributed by atoms with Crippen LogP contribution in [0, 0.1) is 0 Å². The SMILES string of the molecule is C1CCOCC1.C1CCOCC1.C1CCOCC1.CCCCO. The maximum Gasteiger partial charge on any atom is 0.0466 e. The molecule has 3 heterocycles. The summed E-state index contributed by atoms with van der Waals surface area (Å²) >= 11 is 0. The van der Waals surface area contributed by atoms with Gasteiger partial charge in [-0.15, -0.1) is 0 Å². The number of rotatable bonds is 2. The summed E-state index contributed by atoms with van der Waals surface area (Å²) in [5, 5.41) is 8.07. The molecule has 3 aliphatic heterocycles. The van der Waals surface area contributed by atoms with Crippen LogP contribution in [0.1, 0.15) is 77.6 Å². The van der Waals surface area contributed by atoms with Crippen LogP contribution in [0.4, 0.5) is 0 Å². The first-order chi connectivity index (χ1) is 11.4. The quantitative estimate of drug-likeness (QED) is 0.817. The Labute approximate surface area is 143 Å². The Morgan fingerprint density at radius 3 is 0.913 bits per heavy atom. The fourth-order valence-corrected chi connectivity index (χ4v) is 2.22. The first kappa shape index (κ1) is 22.8. The van der Waals surface area contributed by atoms with E-state index in [0.29, 0.717) is 6.61 Å². The van der Waals surface area contributed by atoms with Gasteiger partial charge in [0, 0.05) is 46.2 Å². The predicted octanol–water partition coefficient (Wildman–Crippen LogP) is 4.34. The van der Waals surface area contributed by atoms with E-state index in [1.54, 1.807) is 0 Å². The lowest BCUT2D eigenvalue weighted by atomic mass is 10.2. The maximum atomic E-state index is 8.07. The molecule has 4 nitrogen and oxygen atoms in total. The van der Waals surface area contributed by atoms with Gasteiger partial charge in [0.25, 0.3) is 0 Å². The van der Waals surface area contributed by atoms with Gasteiger partial charge in [-0.1, -0.05) is 13.3 Å². The van der Waals surface area contributed by atoms with Crippen LogP contribution in [-0.2, 0) is 14.2 Å². The highest BCUT2D eigenvalue weighted by Gasteiger charge is 1.96. The molecule has 23 heavy (non-hydrogen) atoms. The lowest BCUT2D eigenvalue weighted by molar-refractivity contribution is 0.0967. The Morgan fingerprint density at radius 1 is 0.565 bits per heavy atom. The highest BCUT2D eigenvalue weighted by Crippen LogP contribution is 2.03. The van der Waals surface area contributed by atoms with Gasteiger partial charge in [0.2, 0.25) is 0 Å². The molecule has 3 rings (SSSR count). The van der Waals surface area contributed by atoms with Gasteiger partial charge in [-0.3, -0.25) is 0 Å². The van der Waals surface area contributed by atoms with Gasteiger partial charge in [0.15, 0.2) is 0 Å². The average Bonchev–Trinajstić information content (AvgIpc) is 2.68. The number of unbranched alkanes of at least 4 members (excludes halogenated alkanes) is 1. The van der Waals surface area contributed by atoms with E-state index in [2.05, 4.69) is 6.92 Å². The first-order valence-electron chi connectivity index (χ1n) is 9.76. The van der Waals surface area contributed by atoms with E-state index in [0.717, 1.165) is 52.5 Å². The average molecular weight is 333 g/mol. The molecular formula is C19H40O4. The lowest BCUT2D eigenvalue weighted by Gasteiger charge is -2.08. The monoisotopic (exact) mass is 332 g/mol. The van der Waals surface area contributed by atoms with Crippen LogP contribution in [-0.4, -0.2) is 51.4 Å². The third-order valence-electron chi connectivity index (χ3n) is 3.74. The minimum atomic E-state index is 0.344. The molecule has 3 aliphatic rings. The highest BCUT2D eigenvalue weighted by molar-refractivity contribution is 4.46. The summed E-state index contributed by atoms with van der Waals surface area (Å²) in [6.45, 7) is 8.40. The highest BCUT2D eigenvalue weighted by atomic mass is 16.5. The number of aliphatic hydroxyl groups is 1. The van der Waals surface area contributed by atoms with Crippen LogP contribution in [0.5, 0.6) is 0 Å². The molecule has 3 saturated heterocycles. The fraction of sp³-hybridized carbons (Fsp3) is 1.00. The summed E-state index contributed by atoms with van der Waals surface area (Å²) in [6, 6.07) is 0. The van der Waals surface area contributed by atoms with Gasteiger partial charge in [-0.05, 0) is 64.2 Å². The molecule has 0 spiro atoms. The molecule has 0 amide bonds. The number of aliphatic hydroxyl groups excluding tert-OH is 1. The zero-order chi connectivity index (χ0) is 16.8. The fourth-order valence-electron chi connectivity index (χ4n) is 2.22. The molecule has 0 atom stereocenters. The largest absolute Gasteiger partial charge is 0.396 e. The molecule has 0 unspecified atom stereocenters. The Hall–Kier alpha value is -0.160. The molecule has 3 fully saturated rings. The van der Waals surface area contributed by atoms with Gasteiger partial charge in [0.1, 0.15) is 0 Å². The molecule has 0 aromatic heterocycles. The summed E-state index contributed by atoms with van der Waals surface area (Å²) in [7, 11) is 0. The van der Waals surface area contributed by atoms with Crippen LogP contribution in [0.15, 0.2) is 0 Å². The Balaban J connectivity index is 0.000000282. The van der Waals surface area contributed by atoms with Crippen molar-refractivity contribution in [3.63, 3.8) is 0 Å². The molecule has 0 aromatic rings. The van der Waals surface area contributed by atoms with Gasteiger partial charge in [-0.25, -0.2) is 0 Å². The molecule has 1 N–H and O–H groups in total. The van der Waals surface area contributed by atoms with Crippen molar-refractivity contribution in [2.45, 2.75) is 77.6 Å². The van der Waals surface area contributed by atoms with E-state index < -0.39 is 0 Å². The number of ether oxygens (including phenoxy) is 3. The number of hydrogen-bond donors (Lipinski definition) is 1. The molecule has 0 radical (unpaired) electrons. The second kappa shape index (κ2) is 21.8. The van der Waals surface area contributed by atoms with Crippen LogP contribution >= 0.6 is 0 Å². The summed E-state index contributed by atoms with van der Waals surface area (Å²) in [5.41, 5.74) is 0. The van der Waals surface area contributed by atoms with Gasteiger partial charge in [-0.2, -0.15) is 0 Å². The lowest BCUT2D eigenvalue weighted by Crippen LogP contribution is -2.03. The molecule has 4 heteroatoms. The normalized spacial score (nSPS) is 20.6. The number of hydrogen-bond acceptors (Lipinski definition) is 4. The minimum Gasteiger partial charge on any atom is -0.396 e. The van der Waals surface area contributed by atoms with E-state index in [4.69, 9.17) is 19.3 Å². The molecule has 140 valence electrons. The van der Waals surface area contributed by atoms with Crippen molar-refractivity contribution >= 4 is 0 Å². The third kappa shape index (κ3) is 21.8. The zero-order valence-corrected chi connectivity index (χ0v) is 15.4.